The van der Waals surface area contributed by atoms with Crippen molar-refractivity contribution in [2.45, 2.75) is 27.7 Å². The van der Waals surface area contributed by atoms with Crippen molar-refractivity contribution >= 4 is 24.3 Å². The topological polar surface area (TPSA) is 9.23 Å². The molecule has 25 heavy (non-hydrogen) atoms. The number of rotatable bonds is 6. The Morgan fingerprint density at radius 3 is 1.32 bits per heavy atom. The van der Waals surface area contributed by atoms with Gasteiger partial charge in [-0.3, -0.25) is 0 Å². The molecule has 1 nitrogen and oxygen atoms in total. The maximum absolute atomic E-state index is 6.35. The first-order valence-electron chi connectivity index (χ1n) is 8.69. The summed E-state index contributed by atoms with van der Waals surface area (Å²) in [5.74, 6) is 1.72. The highest BCUT2D eigenvalue weighted by molar-refractivity contribution is 5.73. The van der Waals surface area contributed by atoms with Crippen LogP contribution < -0.4 is 4.74 Å². The lowest BCUT2D eigenvalue weighted by atomic mass is 10.0. The zero-order valence-electron chi connectivity index (χ0n) is 15.5. The standard InChI is InChI=1S/C24H26O/c1-5-11-19-15-9-17-23(21(19)13-7-3)25-24-18-10-16-20(12-6-2)22(24)14-8-4/h5-18H,1-4H3. The molecule has 1 heteroatoms. The van der Waals surface area contributed by atoms with Crippen LogP contribution in [-0.2, 0) is 0 Å². The van der Waals surface area contributed by atoms with Crippen molar-refractivity contribution in [3.63, 3.8) is 0 Å². The molecule has 0 aliphatic heterocycles. The fourth-order valence-corrected chi connectivity index (χ4v) is 2.76. The molecule has 0 fully saturated rings. The fourth-order valence-electron chi connectivity index (χ4n) is 2.76. The van der Waals surface area contributed by atoms with Gasteiger partial charge in [-0.25, -0.2) is 0 Å². The van der Waals surface area contributed by atoms with Crippen LogP contribution in [-0.4, -0.2) is 0 Å². The van der Waals surface area contributed by atoms with Crippen LogP contribution in [0.4, 0.5) is 0 Å². The third kappa shape index (κ3) is 4.60. The number of hydrogen-bond acceptors (Lipinski definition) is 1. The highest BCUT2D eigenvalue weighted by atomic mass is 16.5. The minimum Gasteiger partial charge on any atom is -0.456 e. The van der Waals surface area contributed by atoms with Crippen LogP contribution >= 0.6 is 0 Å². The summed E-state index contributed by atoms with van der Waals surface area (Å²) in [6.45, 7) is 8.09. The molecular formula is C24H26O. The van der Waals surface area contributed by atoms with Crippen molar-refractivity contribution in [1.29, 1.82) is 0 Å². The molecule has 0 unspecified atom stereocenters. The van der Waals surface area contributed by atoms with E-state index < -0.39 is 0 Å². The summed E-state index contributed by atoms with van der Waals surface area (Å²) >= 11 is 0. The Morgan fingerprint density at radius 2 is 0.960 bits per heavy atom. The third-order valence-electron chi connectivity index (χ3n) is 3.78. The number of benzene rings is 2. The minimum atomic E-state index is 0.858. The number of hydrogen-bond donors (Lipinski definition) is 0. The van der Waals surface area contributed by atoms with Gasteiger partial charge in [0.05, 0.1) is 0 Å². The van der Waals surface area contributed by atoms with E-state index in [-0.39, 0.29) is 0 Å². The maximum Gasteiger partial charge on any atom is 0.135 e. The van der Waals surface area contributed by atoms with Crippen LogP contribution in [0.15, 0.2) is 60.7 Å². The van der Waals surface area contributed by atoms with E-state index in [0.29, 0.717) is 0 Å². The van der Waals surface area contributed by atoms with Gasteiger partial charge >= 0.3 is 0 Å². The molecule has 2 rings (SSSR count). The molecule has 0 aromatic heterocycles. The molecule has 0 aliphatic carbocycles. The Hall–Kier alpha value is -2.80. The van der Waals surface area contributed by atoms with Crippen molar-refractivity contribution in [2.75, 3.05) is 0 Å². The smallest absolute Gasteiger partial charge is 0.135 e. The van der Waals surface area contributed by atoms with E-state index in [1.807, 2.05) is 76.3 Å². The second kappa shape index (κ2) is 9.48. The molecule has 0 saturated carbocycles. The van der Waals surface area contributed by atoms with Gasteiger partial charge in [0.25, 0.3) is 0 Å². The first-order chi connectivity index (χ1) is 12.2. The van der Waals surface area contributed by atoms with Gasteiger partial charge in [0.2, 0.25) is 0 Å². The highest BCUT2D eigenvalue weighted by Crippen LogP contribution is 2.34. The Morgan fingerprint density at radius 1 is 0.560 bits per heavy atom. The van der Waals surface area contributed by atoms with Gasteiger partial charge in [-0.05, 0) is 51.0 Å². The average Bonchev–Trinajstić information content (AvgIpc) is 2.61. The SMILES string of the molecule is CC=Cc1cccc(Oc2cccc(C=CC)c2C=CC)c1C=CC. The van der Waals surface area contributed by atoms with E-state index in [4.69, 9.17) is 4.74 Å². The van der Waals surface area contributed by atoms with Crippen molar-refractivity contribution in [1.82, 2.24) is 0 Å². The summed E-state index contributed by atoms with van der Waals surface area (Å²) in [4.78, 5) is 0. The molecule has 128 valence electrons. The molecule has 0 amide bonds. The van der Waals surface area contributed by atoms with Crippen LogP contribution in [0.3, 0.4) is 0 Å². The van der Waals surface area contributed by atoms with Gasteiger partial charge in [0, 0.05) is 11.1 Å². The molecular weight excluding hydrogens is 304 g/mol. The van der Waals surface area contributed by atoms with E-state index in [2.05, 4.69) is 36.4 Å². The molecule has 0 N–H and O–H groups in total. The largest absolute Gasteiger partial charge is 0.456 e. The molecule has 0 bridgehead atoms. The summed E-state index contributed by atoms with van der Waals surface area (Å²) in [6.07, 6.45) is 16.6. The van der Waals surface area contributed by atoms with Crippen LogP contribution in [0.2, 0.25) is 0 Å². The first kappa shape index (κ1) is 18.5. The Labute approximate surface area is 151 Å². The zero-order valence-corrected chi connectivity index (χ0v) is 15.5. The van der Waals surface area contributed by atoms with E-state index in [0.717, 1.165) is 33.8 Å². The summed E-state index contributed by atoms with van der Waals surface area (Å²) in [5, 5.41) is 0. The van der Waals surface area contributed by atoms with Gasteiger partial charge in [-0.1, -0.05) is 72.9 Å². The Balaban J connectivity index is 2.57. The highest BCUT2D eigenvalue weighted by Gasteiger charge is 2.10. The Kier molecular flexibility index (Phi) is 7.03. The summed E-state index contributed by atoms with van der Waals surface area (Å²) in [7, 11) is 0. The molecule has 0 aliphatic rings. The van der Waals surface area contributed by atoms with Crippen LogP contribution in [0.5, 0.6) is 11.5 Å². The van der Waals surface area contributed by atoms with Crippen molar-refractivity contribution in [3.8, 4) is 11.5 Å². The lowest BCUT2D eigenvalue weighted by molar-refractivity contribution is 0.480. The van der Waals surface area contributed by atoms with E-state index in [1.54, 1.807) is 0 Å². The minimum absolute atomic E-state index is 0.858. The summed E-state index contributed by atoms with van der Waals surface area (Å²) in [6, 6.07) is 12.3. The van der Waals surface area contributed by atoms with E-state index in [1.165, 1.54) is 0 Å². The molecule has 0 atom stereocenters. The second-order valence-corrected chi connectivity index (χ2v) is 5.62. The van der Waals surface area contributed by atoms with E-state index >= 15 is 0 Å². The first-order valence-corrected chi connectivity index (χ1v) is 8.69. The second-order valence-electron chi connectivity index (χ2n) is 5.62. The normalized spacial score (nSPS) is 12.2. The zero-order chi connectivity index (χ0) is 18.1. The lowest BCUT2D eigenvalue weighted by Crippen LogP contribution is -1.94. The maximum atomic E-state index is 6.35. The van der Waals surface area contributed by atoms with E-state index in [9.17, 15) is 0 Å². The van der Waals surface area contributed by atoms with Crippen molar-refractivity contribution in [2.24, 2.45) is 0 Å². The number of allylic oxidation sites excluding steroid dienone is 4. The molecule has 0 radical (unpaired) electrons. The van der Waals surface area contributed by atoms with Crippen molar-refractivity contribution < 1.29 is 4.74 Å². The average molecular weight is 330 g/mol. The van der Waals surface area contributed by atoms with Gasteiger partial charge in [-0.15, -0.1) is 0 Å². The van der Waals surface area contributed by atoms with Crippen LogP contribution in [0, 0.1) is 0 Å². The summed E-state index contributed by atoms with van der Waals surface area (Å²) in [5.41, 5.74) is 4.47. The van der Waals surface area contributed by atoms with Crippen LogP contribution in [0.1, 0.15) is 49.9 Å². The fraction of sp³-hybridized carbons (Fsp3) is 0.167. The molecule has 2 aromatic rings. The molecule has 0 heterocycles. The quantitative estimate of drug-likeness (QED) is 0.529. The van der Waals surface area contributed by atoms with Gasteiger partial charge in [-0.2, -0.15) is 0 Å². The van der Waals surface area contributed by atoms with Gasteiger partial charge in [0.15, 0.2) is 0 Å². The van der Waals surface area contributed by atoms with Crippen molar-refractivity contribution in [3.05, 3.63) is 83.0 Å². The molecule has 2 aromatic carbocycles. The lowest BCUT2D eigenvalue weighted by Gasteiger charge is -2.15. The third-order valence-corrected chi connectivity index (χ3v) is 3.78. The van der Waals surface area contributed by atoms with Gasteiger partial charge < -0.3 is 4.74 Å². The predicted molar refractivity (Wildman–Crippen MR) is 112 cm³/mol. The van der Waals surface area contributed by atoms with Crippen LogP contribution in [0.25, 0.3) is 24.3 Å². The predicted octanol–water partition coefficient (Wildman–Crippen LogP) is 7.61. The molecule has 0 spiro atoms. The number of ether oxygens (including phenoxy) is 1. The van der Waals surface area contributed by atoms with Gasteiger partial charge in [0.1, 0.15) is 11.5 Å². The monoisotopic (exact) mass is 330 g/mol. The Bertz CT molecular complexity index is 750. The summed E-state index contributed by atoms with van der Waals surface area (Å²) < 4.78 is 6.35. The molecule has 0 saturated heterocycles.